The molecule has 0 unspecified atom stereocenters. The highest BCUT2D eigenvalue weighted by atomic mass is 79.9. The summed E-state index contributed by atoms with van der Waals surface area (Å²) in [5.74, 6) is 1.84. The maximum Gasteiger partial charge on any atom is 0.132 e. The van der Waals surface area contributed by atoms with E-state index in [4.69, 9.17) is 9.47 Å². The Kier molecular flexibility index (Phi) is 4.85. The van der Waals surface area contributed by atoms with E-state index >= 15 is 0 Å². The molecule has 0 saturated carbocycles. The fraction of sp³-hybridized carbons (Fsp3) is 0.167. The minimum Gasteiger partial charge on any atom is -0.497 e. The summed E-state index contributed by atoms with van der Waals surface area (Å²) in [6, 6.07) is 12.2. The van der Waals surface area contributed by atoms with Crippen LogP contribution >= 0.6 is 15.9 Å². The molecule has 0 radical (unpaired) electrons. The topological polar surface area (TPSA) is 43.4 Å². The lowest BCUT2D eigenvalue weighted by molar-refractivity contribution is 0.391. The van der Waals surface area contributed by atoms with E-state index in [0.29, 0.717) is 23.3 Å². The van der Waals surface area contributed by atoms with Crippen molar-refractivity contribution in [2.45, 2.75) is 6.54 Å². The Hall–Kier alpha value is -2.34. The van der Waals surface area contributed by atoms with Crippen LogP contribution in [0.25, 0.3) is 10.9 Å². The molecule has 0 amide bonds. The zero-order chi connectivity index (χ0) is 17.1. The summed E-state index contributed by atoms with van der Waals surface area (Å²) >= 11 is 3.41. The van der Waals surface area contributed by atoms with Gasteiger partial charge in [0.1, 0.15) is 23.1 Å². The van der Waals surface area contributed by atoms with E-state index in [9.17, 15) is 4.39 Å². The Morgan fingerprint density at radius 1 is 1.08 bits per heavy atom. The largest absolute Gasteiger partial charge is 0.497 e. The van der Waals surface area contributed by atoms with Crippen molar-refractivity contribution in [1.29, 1.82) is 0 Å². The van der Waals surface area contributed by atoms with E-state index < -0.39 is 0 Å². The summed E-state index contributed by atoms with van der Waals surface area (Å²) in [7, 11) is 3.23. The van der Waals surface area contributed by atoms with Gasteiger partial charge in [0.15, 0.2) is 0 Å². The molecule has 3 aromatic rings. The van der Waals surface area contributed by atoms with Crippen LogP contribution in [0.15, 0.2) is 46.9 Å². The van der Waals surface area contributed by atoms with Gasteiger partial charge in [0.05, 0.1) is 19.7 Å². The number of aromatic nitrogens is 1. The number of pyridine rings is 1. The molecule has 3 rings (SSSR count). The summed E-state index contributed by atoms with van der Waals surface area (Å²) in [5, 5.41) is 3.72. The molecule has 0 aliphatic rings. The first-order valence-electron chi connectivity index (χ1n) is 7.32. The number of hydrogen-bond acceptors (Lipinski definition) is 4. The normalized spacial score (nSPS) is 10.7. The Labute approximate surface area is 147 Å². The van der Waals surface area contributed by atoms with Crippen LogP contribution in [0.4, 0.5) is 10.2 Å². The molecule has 0 aliphatic carbocycles. The van der Waals surface area contributed by atoms with Gasteiger partial charge >= 0.3 is 0 Å². The van der Waals surface area contributed by atoms with Gasteiger partial charge in [0.2, 0.25) is 0 Å². The summed E-state index contributed by atoms with van der Waals surface area (Å²) in [5.41, 5.74) is 1.56. The molecular formula is C18H16BrFN2O2. The second-order valence-corrected chi connectivity index (χ2v) is 6.01. The lowest BCUT2D eigenvalue weighted by Crippen LogP contribution is -2.03. The second-order valence-electron chi connectivity index (χ2n) is 5.15. The van der Waals surface area contributed by atoms with Gasteiger partial charge in [-0.05, 0) is 52.3 Å². The lowest BCUT2D eigenvalue weighted by atomic mass is 10.2. The van der Waals surface area contributed by atoms with E-state index in [1.807, 2.05) is 18.2 Å². The second kappa shape index (κ2) is 7.05. The number of benzene rings is 2. The van der Waals surface area contributed by atoms with Crippen LogP contribution in [-0.4, -0.2) is 19.2 Å². The molecule has 0 atom stereocenters. The Morgan fingerprint density at radius 2 is 1.92 bits per heavy atom. The number of anilines is 1. The van der Waals surface area contributed by atoms with Gasteiger partial charge in [-0.15, -0.1) is 0 Å². The van der Waals surface area contributed by atoms with Crippen molar-refractivity contribution < 1.29 is 13.9 Å². The van der Waals surface area contributed by atoms with E-state index in [0.717, 1.165) is 21.5 Å². The molecule has 24 heavy (non-hydrogen) atoms. The molecule has 1 aromatic heterocycles. The molecule has 124 valence electrons. The van der Waals surface area contributed by atoms with Crippen LogP contribution < -0.4 is 14.8 Å². The first-order chi connectivity index (χ1) is 11.6. The van der Waals surface area contributed by atoms with Gasteiger partial charge in [-0.2, -0.15) is 0 Å². The predicted octanol–water partition coefficient (Wildman–Crippen LogP) is 4.77. The van der Waals surface area contributed by atoms with Crippen LogP contribution in [0.3, 0.4) is 0 Å². The first-order valence-corrected chi connectivity index (χ1v) is 8.11. The Morgan fingerprint density at radius 3 is 2.67 bits per heavy atom. The Balaban J connectivity index is 1.85. The highest BCUT2D eigenvalue weighted by molar-refractivity contribution is 9.10. The van der Waals surface area contributed by atoms with Crippen molar-refractivity contribution in [1.82, 2.24) is 4.98 Å². The van der Waals surface area contributed by atoms with Crippen molar-refractivity contribution in [2.24, 2.45) is 0 Å². The smallest absolute Gasteiger partial charge is 0.132 e. The molecule has 2 aromatic carbocycles. The molecule has 0 aliphatic heterocycles. The van der Waals surface area contributed by atoms with Gasteiger partial charge in [-0.1, -0.05) is 0 Å². The van der Waals surface area contributed by atoms with E-state index in [1.54, 1.807) is 32.4 Å². The molecule has 1 heterocycles. The van der Waals surface area contributed by atoms with Crippen molar-refractivity contribution in [3.63, 3.8) is 0 Å². The van der Waals surface area contributed by atoms with Gasteiger partial charge < -0.3 is 14.8 Å². The number of nitrogens with one attached hydrogen (secondary N) is 1. The predicted molar refractivity (Wildman–Crippen MR) is 96.3 cm³/mol. The number of hydrogen-bond donors (Lipinski definition) is 1. The van der Waals surface area contributed by atoms with Crippen LogP contribution in [0, 0.1) is 5.82 Å². The molecule has 4 nitrogen and oxygen atoms in total. The Bertz CT molecular complexity index is 886. The van der Waals surface area contributed by atoms with Crippen LogP contribution in [0.2, 0.25) is 0 Å². The molecule has 0 fully saturated rings. The van der Waals surface area contributed by atoms with Gasteiger partial charge in [0, 0.05) is 28.0 Å². The lowest BCUT2D eigenvalue weighted by Gasteiger charge is -2.12. The van der Waals surface area contributed by atoms with Crippen LogP contribution in [-0.2, 0) is 6.54 Å². The van der Waals surface area contributed by atoms with Gasteiger partial charge in [0.25, 0.3) is 0 Å². The average Bonchev–Trinajstić information content (AvgIpc) is 2.63. The highest BCUT2D eigenvalue weighted by Crippen LogP contribution is 2.28. The van der Waals surface area contributed by atoms with E-state index in [-0.39, 0.29) is 5.82 Å². The summed E-state index contributed by atoms with van der Waals surface area (Å²) in [6.45, 7) is 0.526. The molecule has 0 bridgehead atoms. The monoisotopic (exact) mass is 390 g/mol. The maximum atomic E-state index is 13.8. The maximum absolute atomic E-state index is 13.8. The first kappa shape index (κ1) is 16.5. The SMILES string of the molecule is COc1ccc(CNc2ccc3c(F)ccc(Br)c3n2)c(OC)c1. The highest BCUT2D eigenvalue weighted by Gasteiger charge is 2.08. The summed E-state index contributed by atoms with van der Waals surface area (Å²) in [4.78, 5) is 4.48. The van der Waals surface area contributed by atoms with Crippen LogP contribution in [0.5, 0.6) is 11.5 Å². The fourth-order valence-corrected chi connectivity index (χ4v) is 2.87. The summed E-state index contributed by atoms with van der Waals surface area (Å²) < 4.78 is 25.1. The van der Waals surface area contributed by atoms with Crippen LogP contribution in [0.1, 0.15) is 5.56 Å². The number of methoxy groups -OCH3 is 2. The van der Waals surface area contributed by atoms with E-state index in [1.165, 1.54) is 6.07 Å². The molecule has 6 heteroatoms. The molecule has 1 N–H and O–H groups in total. The van der Waals surface area contributed by atoms with Crippen molar-refractivity contribution in [3.8, 4) is 11.5 Å². The number of nitrogens with zero attached hydrogens (tertiary/aromatic N) is 1. The number of rotatable bonds is 5. The standard InChI is InChI=1S/C18H16BrFN2O2/c1-23-12-4-3-11(16(9-12)24-2)10-21-17-8-5-13-15(20)7-6-14(19)18(13)22-17/h3-9H,10H2,1-2H3,(H,21,22). The van der Waals surface area contributed by atoms with Gasteiger partial charge in [-0.3, -0.25) is 0 Å². The van der Waals surface area contributed by atoms with Gasteiger partial charge in [-0.25, -0.2) is 9.37 Å². The minimum atomic E-state index is -0.288. The van der Waals surface area contributed by atoms with Crippen molar-refractivity contribution in [2.75, 3.05) is 19.5 Å². The van der Waals surface area contributed by atoms with Crippen molar-refractivity contribution in [3.05, 3.63) is 58.3 Å². The molecule has 0 spiro atoms. The van der Waals surface area contributed by atoms with Crippen molar-refractivity contribution >= 4 is 32.7 Å². The summed E-state index contributed by atoms with van der Waals surface area (Å²) in [6.07, 6.45) is 0. The fourth-order valence-electron chi connectivity index (χ4n) is 2.43. The average molecular weight is 391 g/mol. The number of ether oxygens (including phenoxy) is 2. The third kappa shape index (κ3) is 3.28. The zero-order valence-electron chi connectivity index (χ0n) is 13.3. The molecule has 0 saturated heterocycles. The van der Waals surface area contributed by atoms with E-state index in [2.05, 4.69) is 26.2 Å². The minimum absolute atomic E-state index is 0.288. The third-order valence-corrected chi connectivity index (χ3v) is 4.35. The third-order valence-electron chi connectivity index (χ3n) is 3.71. The number of halogens is 2. The quantitative estimate of drug-likeness (QED) is 0.681. The number of fused-ring (bicyclic) bond motifs is 1. The molecular weight excluding hydrogens is 375 g/mol. The zero-order valence-corrected chi connectivity index (χ0v) is 14.9.